The third-order valence-corrected chi connectivity index (χ3v) is 6.16. The Labute approximate surface area is 176 Å². The van der Waals surface area contributed by atoms with Gasteiger partial charge < -0.3 is 24.3 Å². The molecule has 1 aliphatic heterocycles. The van der Waals surface area contributed by atoms with Crippen LogP contribution >= 0.6 is 0 Å². The second kappa shape index (κ2) is 9.07. The summed E-state index contributed by atoms with van der Waals surface area (Å²) in [4.78, 5) is 15.2. The highest BCUT2D eigenvalue weighted by molar-refractivity contribution is 5.94. The Hall–Kier alpha value is -2.56. The predicted octanol–water partition coefficient (Wildman–Crippen LogP) is 4.05. The lowest BCUT2D eigenvalue weighted by molar-refractivity contribution is -0.155. The first-order chi connectivity index (χ1) is 14.4. The van der Waals surface area contributed by atoms with Crippen LogP contribution in [0, 0.1) is 24.2 Å². The van der Waals surface area contributed by atoms with Crippen LogP contribution < -0.4 is 4.74 Å². The number of carboxylic acids is 1. The number of hydrogen-bond donors (Lipinski definition) is 2. The highest BCUT2D eigenvalue weighted by Crippen LogP contribution is 2.47. The van der Waals surface area contributed by atoms with Gasteiger partial charge in [-0.1, -0.05) is 20.3 Å². The summed E-state index contributed by atoms with van der Waals surface area (Å²) in [6, 6.07) is 4.07. The zero-order valence-corrected chi connectivity index (χ0v) is 18.1. The smallest absolute Gasteiger partial charge is 0.306 e. The summed E-state index contributed by atoms with van der Waals surface area (Å²) in [6.45, 7) is 9.84. The molecule has 0 amide bonds. The number of nitriles is 1. The molecule has 0 radical (unpaired) electrons. The van der Waals surface area contributed by atoms with Gasteiger partial charge in [-0.3, -0.25) is 4.79 Å². The van der Waals surface area contributed by atoms with Crippen LogP contribution in [-0.2, 0) is 26.3 Å². The molecule has 1 aliphatic rings. The van der Waals surface area contributed by atoms with Gasteiger partial charge >= 0.3 is 5.97 Å². The third-order valence-electron chi connectivity index (χ3n) is 6.16. The third kappa shape index (κ3) is 3.78. The number of carboxylic acid groups (broad SMARTS) is 1. The van der Waals surface area contributed by atoms with Gasteiger partial charge in [0.1, 0.15) is 18.0 Å². The van der Waals surface area contributed by atoms with E-state index < -0.39 is 11.6 Å². The number of nitrogens with zero attached hydrogens (tertiary/aromatic N) is 1. The van der Waals surface area contributed by atoms with Crippen molar-refractivity contribution in [3.05, 3.63) is 28.5 Å². The van der Waals surface area contributed by atoms with E-state index in [4.69, 9.17) is 14.2 Å². The van der Waals surface area contributed by atoms with Gasteiger partial charge in [-0.15, -0.1) is 0 Å². The molecule has 0 aliphatic carbocycles. The summed E-state index contributed by atoms with van der Waals surface area (Å²) in [7, 11) is 0. The van der Waals surface area contributed by atoms with Crippen LogP contribution in [0.4, 0.5) is 0 Å². The van der Waals surface area contributed by atoms with Crippen LogP contribution in [0.3, 0.4) is 0 Å². The number of aliphatic carboxylic acids is 1. The normalized spacial score (nSPS) is 19.3. The molecule has 0 saturated heterocycles. The largest absolute Gasteiger partial charge is 0.491 e. The Morgan fingerprint density at radius 1 is 1.43 bits per heavy atom. The molecule has 1 aromatic heterocycles. The zero-order chi connectivity index (χ0) is 21.9. The SMILES string of the molecule is CCOCCOc1cc(C#N)c2c3c([nH]c2c1C)C(CC(=O)O)(C(C)CC)OCC3. The number of aryl methyl sites for hydroxylation is 1. The number of fused-ring (bicyclic) bond motifs is 3. The molecule has 3 rings (SSSR count). The number of rotatable bonds is 9. The first kappa shape index (κ1) is 22.1. The highest BCUT2D eigenvalue weighted by Gasteiger charge is 2.46. The van der Waals surface area contributed by atoms with Crippen LogP contribution in [0.15, 0.2) is 6.07 Å². The van der Waals surface area contributed by atoms with Gasteiger partial charge in [0.25, 0.3) is 0 Å². The van der Waals surface area contributed by atoms with Crippen molar-refractivity contribution >= 4 is 16.9 Å². The molecule has 0 bridgehead atoms. The lowest BCUT2D eigenvalue weighted by Crippen LogP contribution is -2.43. The van der Waals surface area contributed by atoms with Crippen molar-refractivity contribution in [1.82, 2.24) is 4.98 Å². The number of ether oxygens (including phenoxy) is 3. The lowest BCUT2D eigenvalue weighted by atomic mass is 9.77. The van der Waals surface area contributed by atoms with E-state index in [0.29, 0.717) is 44.2 Å². The first-order valence-electron chi connectivity index (χ1n) is 10.5. The molecular formula is C23H30N2O5. The molecule has 0 spiro atoms. The number of benzene rings is 1. The van der Waals surface area contributed by atoms with E-state index in [1.807, 2.05) is 27.7 Å². The summed E-state index contributed by atoms with van der Waals surface area (Å²) < 4.78 is 17.4. The average molecular weight is 415 g/mol. The average Bonchev–Trinajstić information content (AvgIpc) is 3.13. The summed E-state index contributed by atoms with van der Waals surface area (Å²) in [5, 5.41) is 20.3. The maximum atomic E-state index is 11.8. The molecule has 2 unspecified atom stereocenters. The van der Waals surface area contributed by atoms with Gasteiger partial charge in [0, 0.05) is 17.6 Å². The van der Waals surface area contributed by atoms with E-state index in [2.05, 4.69) is 11.1 Å². The molecule has 7 nitrogen and oxygen atoms in total. The Balaban J connectivity index is 2.18. The summed E-state index contributed by atoms with van der Waals surface area (Å²) in [6.07, 6.45) is 1.28. The molecule has 0 fully saturated rings. The van der Waals surface area contributed by atoms with Crippen molar-refractivity contribution in [2.45, 2.75) is 52.6 Å². The minimum atomic E-state index is -0.942. The predicted molar refractivity (Wildman–Crippen MR) is 113 cm³/mol. The summed E-state index contributed by atoms with van der Waals surface area (Å²) in [5.41, 5.74) is 3.06. The van der Waals surface area contributed by atoms with Crippen LogP contribution in [0.2, 0.25) is 0 Å². The summed E-state index contributed by atoms with van der Waals surface area (Å²) in [5.74, 6) is -0.280. The van der Waals surface area contributed by atoms with Crippen LogP contribution in [0.1, 0.15) is 56.0 Å². The second-order valence-electron chi connectivity index (χ2n) is 7.80. The molecule has 2 atom stereocenters. The standard InChI is InChI=1S/C23H30N2O5/c1-5-14(3)23(12-19(26)27)22-17(7-8-30-23)20-16(13-24)11-18(15(4)21(20)25-22)29-10-9-28-6-2/h11,14,25H,5-10,12H2,1-4H3,(H,26,27). The van der Waals surface area contributed by atoms with Gasteiger partial charge in [-0.2, -0.15) is 5.26 Å². The van der Waals surface area contributed by atoms with Crippen LogP contribution in [-0.4, -0.2) is 42.5 Å². The maximum Gasteiger partial charge on any atom is 0.306 e. The van der Waals surface area contributed by atoms with Crippen LogP contribution in [0.25, 0.3) is 10.9 Å². The maximum absolute atomic E-state index is 11.8. The second-order valence-corrected chi connectivity index (χ2v) is 7.80. The molecular weight excluding hydrogens is 384 g/mol. The van der Waals surface area contributed by atoms with Crippen molar-refractivity contribution < 1.29 is 24.1 Å². The van der Waals surface area contributed by atoms with Crippen molar-refractivity contribution in [1.29, 1.82) is 5.26 Å². The van der Waals surface area contributed by atoms with Gasteiger partial charge in [-0.05, 0) is 37.8 Å². The lowest BCUT2D eigenvalue weighted by Gasteiger charge is -2.40. The van der Waals surface area contributed by atoms with E-state index in [9.17, 15) is 15.2 Å². The number of hydrogen-bond acceptors (Lipinski definition) is 5. The molecule has 2 N–H and O–H groups in total. The molecule has 2 heterocycles. The number of H-pyrrole nitrogens is 1. The quantitative estimate of drug-likeness (QED) is 0.600. The fraction of sp³-hybridized carbons (Fsp3) is 0.565. The van der Waals surface area contributed by atoms with Crippen molar-refractivity contribution in [3.8, 4) is 11.8 Å². The van der Waals surface area contributed by atoms with Crippen molar-refractivity contribution in [2.75, 3.05) is 26.4 Å². The molecule has 7 heteroatoms. The Morgan fingerprint density at radius 3 is 2.83 bits per heavy atom. The first-order valence-corrected chi connectivity index (χ1v) is 10.5. The Bertz CT molecular complexity index is 974. The fourth-order valence-electron chi connectivity index (χ4n) is 4.42. The van der Waals surface area contributed by atoms with Crippen LogP contribution in [0.5, 0.6) is 5.75 Å². The van der Waals surface area contributed by atoms with Crippen molar-refractivity contribution in [2.24, 2.45) is 5.92 Å². The van der Waals surface area contributed by atoms with Gasteiger partial charge in [-0.25, -0.2) is 0 Å². The molecule has 30 heavy (non-hydrogen) atoms. The van der Waals surface area contributed by atoms with Gasteiger partial charge in [0.2, 0.25) is 0 Å². The van der Waals surface area contributed by atoms with E-state index in [1.54, 1.807) is 6.07 Å². The highest BCUT2D eigenvalue weighted by atomic mass is 16.5. The Kier molecular flexibility index (Phi) is 6.69. The monoisotopic (exact) mass is 414 g/mol. The number of nitrogens with one attached hydrogen (secondary N) is 1. The van der Waals surface area contributed by atoms with Crippen molar-refractivity contribution in [3.63, 3.8) is 0 Å². The summed E-state index contributed by atoms with van der Waals surface area (Å²) >= 11 is 0. The number of carbonyl (C=O) groups is 1. The molecule has 1 aromatic carbocycles. The fourth-order valence-corrected chi connectivity index (χ4v) is 4.42. The Morgan fingerprint density at radius 2 is 2.20 bits per heavy atom. The zero-order valence-electron chi connectivity index (χ0n) is 18.1. The topological polar surface area (TPSA) is 105 Å². The number of aromatic amines is 1. The van der Waals surface area contributed by atoms with Gasteiger partial charge in [0.15, 0.2) is 0 Å². The minimum Gasteiger partial charge on any atom is -0.491 e. The number of aromatic nitrogens is 1. The van der Waals surface area contributed by atoms with Gasteiger partial charge in [0.05, 0.1) is 42.5 Å². The minimum absolute atomic E-state index is 0.00605. The van der Waals surface area contributed by atoms with E-state index in [-0.39, 0.29) is 12.3 Å². The van der Waals surface area contributed by atoms with E-state index in [1.165, 1.54) is 0 Å². The molecule has 2 aromatic rings. The van der Waals surface area contributed by atoms with E-state index >= 15 is 0 Å². The molecule has 162 valence electrons. The molecule has 0 saturated carbocycles. The van der Waals surface area contributed by atoms with E-state index in [0.717, 1.165) is 34.1 Å².